The topological polar surface area (TPSA) is 38.7 Å². The molecule has 92 valence electrons. The maximum absolute atomic E-state index is 4.78. The van der Waals surface area contributed by atoms with Crippen LogP contribution in [0.25, 0.3) is 21.1 Å². The standard InChI is InChI=1S/C15H11N3S/c1-2-4-10(5-3-1)15-18-12-7-6-11-8-16-9-17-13(11)14(12)19-15/h1-5,8-9H,6-7H2. The second-order valence-electron chi connectivity index (χ2n) is 4.56. The predicted molar refractivity (Wildman–Crippen MR) is 76.0 cm³/mol. The zero-order valence-electron chi connectivity index (χ0n) is 10.2. The minimum Gasteiger partial charge on any atom is -0.244 e. The molecule has 3 nitrogen and oxygen atoms in total. The fourth-order valence-corrected chi connectivity index (χ4v) is 3.56. The van der Waals surface area contributed by atoms with E-state index in [9.17, 15) is 0 Å². The Balaban J connectivity index is 1.88. The van der Waals surface area contributed by atoms with Crippen molar-refractivity contribution in [3.05, 3.63) is 54.1 Å². The molecule has 1 aromatic carbocycles. The van der Waals surface area contributed by atoms with Crippen LogP contribution in [0.5, 0.6) is 0 Å². The summed E-state index contributed by atoms with van der Waals surface area (Å²) >= 11 is 1.73. The zero-order valence-corrected chi connectivity index (χ0v) is 11.0. The zero-order chi connectivity index (χ0) is 12.7. The fraction of sp³-hybridized carbons (Fsp3) is 0.133. The first-order valence-electron chi connectivity index (χ1n) is 6.26. The average Bonchev–Trinajstić information content (AvgIpc) is 2.93. The van der Waals surface area contributed by atoms with Gasteiger partial charge in [-0.1, -0.05) is 30.3 Å². The van der Waals surface area contributed by atoms with Gasteiger partial charge in [-0.2, -0.15) is 0 Å². The third-order valence-corrected chi connectivity index (χ3v) is 4.51. The summed E-state index contributed by atoms with van der Waals surface area (Å²) in [6.45, 7) is 0. The maximum atomic E-state index is 4.78. The number of nitrogens with zero attached hydrogens (tertiary/aromatic N) is 3. The molecule has 0 fully saturated rings. The van der Waals surface area contributed by atoms with E-state index < -0.39 is 0 Å². The Morgan fingerprint density at radius 2 is 1.95 bits per heavy atom. The molecular weight excluding hydrogens is 254 g/mol. The van der Waals surface area contributed by atoms with E-state index in [0.29, 0.717) is 0 Å². The van der Waals surface area contributed by atoms with E-state index >= 15 is 0 Å². The fourth-order valence-electron chi connectivity index (χ4n) is 2.41. The van der Waals surface area contributed by atoms with Gasteiger partial charge >= 0.3 is 0 Å². The first-order valence-corrected chi connectivity index (χ1v) is 7.08. The van der Waals surface area contributed by atoms with Crippen molar-refractivity contribution in [3.8, 4) is 21.1 Å². The third kappa shape index (κ3) is 1.76. The molecule has 0 N–H and O–H groups in total. The molecule has 2 heterocycles. The van der Waals surface area contributed by atoms with Gasteiger partial charge in [0.2, 0.25) is 0 Å². The van der Waals surface area contributed by atoms with Crippen LogP contribution in [0.3, 0.4) is 0 Å². The highest BCUT2D eigenvalue weighted by molar-refractivity contribution is 7.18. The van der Waals surface area contributed by atoms with E-state index in [0.717, 1.165) is 23.5 Å². The summed E-state index contributed by atoms with van der Waals surface area (Å²) in [6.07, 6.45) is 5.52. The lowest BCUT2D eigenvalue weighted by atomic mass is 10.00. The normalized spacial score (nSPS) is 12.8. The number of rotatable bonds is 1. The molecule has 0 spiro atoms. The van der Waals surface area contributed by atoms with Crippen LogP contribution >= 0.6 is 11.3 Å². The van der Waals surface area contributed by atoms with Crippen molar-refractivity contribution < 1.29 is 0 Å². The van der Waals surface area contributed by atoms with Crippen molar-refractivity contribution in [1.29, 1.82) is 0 Å². The first kappa shape index (κ1) is 10.8. The Hall–Kier alpha value is -2.07. The van der Waals surface area contributed by atoms with Crippen LogP contribution in [0.1, 0.15) is 11.3 Å². The van der Waals surface area contributed by atoms with Crippen molar-refractivity contribution in [2.75, 3.05) is 0 Å². The number of fused-ring (bicyclic) bond motifs is 3. The van der Waals surface area contributed by atoms with Gasteiger partial charge < -0.3 is 0 Å². The summed E-state index contributed by atoms with van der Waals surface area (Å²) < 4.78 is 0. The highest BCUT2D eigenvalue weighted by atomic mass is 32.1. The number of hydrogen-bond acceptors (Lipinski definition) is 4. The minimum atomic E-state index is 0.985. The predicted octanol–water partition coefficient (Wildman–Crippen LogP) is 3.37. The van der Waals surface area contributed by atoms with E-state index in [-0.39, 0.29) is 0 Å². The van der Waals surface area contributed by atoms with Gasteiger partial charge in [0.15, 0.2) is 0 Å². The molecule has 4 heteroatoms. The summed E-state index contributed by atoms with van der Waals surface area (Å²) in [5, 5.41) is 1.08. The minimum absolute atomic E-state index is 0.985. The lowest BCUT2D eigenvalue weighted by molar-refractivity contribution is 0.887. The quantitative estimate of drug-likeness (QED) is 0.677. The van der Waals surface area contributed by atoms with Crippen LogP contribution in [0.2, 0.25) is 0 Å². The first-order chi connectivity index (χ1) is 9.42. The van der Waals surface area contributed by atoms with Crippen LogP contribution in [0.15, 0.2) is 42.9 Å². The number of aryl methyl sites for hydroxylation is 2. The SMILES string of the molecule is c1ccc(-c2nc3c(s2)-c2ncncc2CC3)cc1. The molecule has 0 unspecified atom stereocenters. The molecule has 0 amide bonds. The molecule has 4 rings (SSSR count). The van der Waals surface area contributed by atoms with E-state index in [1.54, 1.807) is 17.7 Å². The number of thiazole rings is 1. The van der Waals surface area contributed by atoms with Crippen LogP contribution in [-0.2, 0) is 12.8 Å². The summed E-state index contributed by atoms with van der Waals surface area (Å²) in [7, 11) is 0. The molecular formula is C15H11N3S. The molecule has 3 aromatic rings. The second kappa shape index (κ2) is 4.24. The Kier molecular flexibility index (Phi) is 2.42. The molecule has 19 heavy (non-hydrogen) atoms. The van der Waals surface area contributed by atoms with Crippen LogP contribution in [0, 0.1) is 0 Å². The van der Waals surface area contributed by atoms with Crippen molar-refractivity contribution >= 4 is 11.3 Å². The molecule has 1 aliphatic rings. The smallest absolute Gasteiger partial charge is 0.124 e. The lowest BCUT2D eigenvalue weighted by Crippen LogP contribution is -2.04. The van der Waals surface area contributed by atoms with Crippen molar-refractivity contribution in [2.24, 2.45) is 0 Å². The van der Waals surface area contributed by atoms with E-state index in [4.69, 9.17) is 4.98 Å². The second-order valence-corrected chi connectivity index (χ2v) is 5.56. The van der Waals surface area contributed by atoms with Gasteiger partial charge in [-0.15, -0.1) is 11.3 Å². The average molecular weight is 265 g/mol. The number of aromatic nitrogens is 3. The highest BCUT2D eigenvalue weighted by Crippen LogP contribution is 2.39. The number of benzene rings is 1. The van der Waals surface area contributed by atoms with E-state index in [2.05, 4.69) is 22.1 Å². The molecule has 0 bridgehead atoms. The Morgan fingerprint density at radius 1 is 1.05 bits per heavy atom. The Morgan fingerprint density at radius 3 is 2.84 bits per heavy atom. The number of hydrogen-bond donors (Lipinski definition) is 0. The molecule has 0 atom stereocenters. The molecule has 0 saturated heterocycles. The molecule has 0 aliphatic heterocycles. The molecule has 0 saturated carbocycles. The molecule has 2 aromatic heterocycles. The van der Waals surface area contributed by atoms with Crippen LogP contribution in [-0.4, -0.2) is 15.0 Å². The van der Waals surface area contributed by atoms with Gasteiger partial charge in [-0.3, -0.25) is 0 Å². The Labute approximate surface area is 115 Å². The third-order valence-electron chi connectivity index (χ3n) is 3.35. The highest BCUT2D eigenvalue weighted by Gasteiger charge is 2.22. The maximum Gasteiger partial charge on any atom is 0.124 e. The lowest BCUT2D eigenvalue weighted by Gasteiger charge is -2.12. The summed E-state index contributed by atoms with van der Waals surface area (Å²) in [5.74, 6) is 0. The van der Waals surface area contributed by atoms with Crippen LogP contribution in [0.4, 0.5) is 0 Å². The summed E-state index contributed by atoms with van der Waals surface area (Å²) in [5.41, 5.74) is 4.65. The molecule has 0 radical (unpaired) electrons. The monoisotopic (exact) mass is 265 g/mol. The van der Waals surface area contributed by atoms with Gasteiger partial charge in [0.1, 0.15) is 11.3 Å². The van der Waals surface area contributed by atoms with Crippen molar-refractivity contribution in [1.82, 2.24) is 15.0 Å². The van der Waals surface area contributed by atoms with Gasteiger partial charge in [0, 0.05) is 11.8 Å². The van der Waals surface area contributed by atoms with Crippen molar-refractivity contribution in [2.45, 2.75) is 12.8 Å². The van der Waals surface area contributed by atoms with Crippen molar-refractivity contribution in [3.63, 3.8) is 0 Å². The van der Waals surface area contributed by atoms with Gasteiger partial charge in [-0.25, -0.2) is 15.0 Å². The van der Waals surface area contributed by atoms with Gasteiger partial charge in [0.05, 0.1) is 16.3 Å². The molecule has 1 aliphatic carbocycles. The summed E-state index contributed by atoms with van der Waals surface area (Å²) in [4.78, 5) is 14.5. The van der Waals surface area contributed by atoms with Gasteiger partial charge in [0.25, 0.3) is 0 Å². The summed E-state index contributed by atoms with van der Waals surface area (Å²) in [6, 6.07) is 10.3. The van der Waals surface area contributed by atoms with Gasteiger partial charge in [-0.05, 0) is 18.4 Å². The van der Waals surface area contributed by atoms with E-state index in [1.165, 1.54) is 21.7 Å². The Bertz CT molecular complexity index is 734. The van der Waals surface area contributed by atoms with E-state index in [1.807, 2.05) is 24.4 Å². The largest absolute Gasteiger partial charge is 0.244 e. The van der Waals surface area contributed by atoms with Crippen LogP contribution < -0.4 is 0 Å².